The number of hydrogen-bond acceptors (Lipinski definition) is 4. The second-order valence-electron chi connectivity index (χ2n) is 4.19. The molecule has 0 fully saturated rings. The van der Waals surface area contributed by atoms with E-state index in [1.807, 2.05) is 6.07 Å². The Labute approximate surface area is 110 Å². The number of carbonyl (C=O) groups is 2. The van der Waals surface area contributed by atoms with Crippen LogP contribution in [0.25, 0.3) is 0 Å². The average Bonchev–Trinajstić information content (AvgIpc) is 2.39. The summed E-state index contributed by atoms with van der Waals surface area (Å²) in [6.45, 7) is 1.43. The zero-order valence-corrected chi connectivity index (χ0v) is 10.8. The van der Waals surface area contributed by atoms with Gasteiger partial charge in [0.05, 0.1) is 18.5 Å². The highest BCUT2D eigenvalue weighted by Crippen LogP contribution is 2.26. The molecule has 0 aliphatic carbocycles. The zero-order chi connectivity index (χ0) is 13.8. The number of nitrogens with one attached hydrogen (secondary N) is 2. The minimum absolute atomic E-state index is 0.0839. The van der Waals surface area contributed by atoms with E-state index in [2.05, 4.69) is 15.8 Å². The molecule has 2 N–H and O–H groups in total. The minimum Gasteiger partial charge on any atom is -0.495 e. The van der Waals surface area contributed by atoms with E-state index < -0.39 is 0 Å². The molecule has 0 saturated carbocycles. The molecule has 0 radical (unpaired) electrons. The molecule has 100 valence electrons. The normalized spacial score (nSPS) is 14.4. The van der Waals surface area contributed by atoms with Crippen LogP contribution in [0.4, 0.5) is 5.69 Å². The van der Waals surface area contributed by atoms with Gasteiger partial charge in [-0.2, -0.15) is 5.10 Å². The topological polar surface area (TPSA) is 79.8 Å². The highest BCUT2D eigenvalue weighted by atomic mass is 16.5. The number of carbonyl (C=O) groups excluding carboxylic acids is 2. The van der Waals surface area contributed by atoms with Crippen LogP contribution in [0.2, 0.25) is 0 Å². The highest BCUT2D eigenvalue weighted by Gasteiger charge is 2.15. The maximum Gasteiger partial charge on any atom is 0.240 e. The lowest BCUT2D eigenvalue weighted by Crippen LogP contribution is -2.26. The molecule has 0 aromatic heterocycles. The molecule has 0 atom stereocenters. The number of ether oxygens (including phenoxy) is 1. The van der Waals surface area contributed by atoms with Gasteiger partial charge < -0.3 is 10.1 Å². The summed E-state index contributed by atoms with van der Waals surface area (Å²) in [5.41, 5.74) is 4.68. The van der Waals surface area contributed by atoms with Crippen LogP contribution >= 0.6 is 0 Å². The van der Waals surface area contributed by atoms with Gasteiger partial charge >= 0.3 is 0 Å². The lowest BCUT2D eigenvalue weighted by molar-refractivity contribution is -0.121. The van der Waals surface area contributed by atoms with E-state index in [9.17, 15) is 9.59 Å². The van der Waals surface area contributed by atoms with Crippen molar-refractivity contribution in [2.45, 2.75) is 19.8 Å². The van der Waals surface area contributed by atoms with Crippen molar-refractivity contribution >= 4 is 23.2 Å². The second-order valence-corrected chi connectivity index (χ2v) is 4.19. The van der Waals surface area contributed by atoms with Gasteiger partial charge in [-0.25, -0.2) is 5.43 Å². The van der Waals surface area contributed by atoms with Crippen LogP contribution in [-0.2, 0) is 9.59 Å². The van der Waals surface area contributed by atoms with Crippen LogP contribution in [0.1, 0.15) is 25.3 Å². The first-order valence-corrected chi connectivity index (χ1v) is 5.91. The van der Waals surface area contributed by atoms with Crippen LogP contribution in [-0.4, -0.2) is 24.6 Å². The Bertz CT molecular complexity index is 552. The lowest BCUT2D eigenvalue weighted by Gasteiger charge is -2.15. The van der Waals surface area contributed by atoms with Crippen molar-refractivity contribution in [2.24, 2.45) is 5.10 Å². The fourth-order valence-electron chi connectivity index (χ4n) is 1.86. The molecule has 1 aliphatic heterocycles. The van der Waals surface area contributed by atoms with Crippen LogP contribution < -0.4 is 15.5 Å². The summed E-state index contributed by atoms with van der Waals surface area (Å²) < 4.78 is 5.18. The molecule has 0 spiro atoms. The molecule has 1 aromatic rings. The van der Waals surface area contributed by atoms with E-state index in [0.29, 0.717) is 24.3 Å². The van der Waals surface area contributed by atoms with E-state index in [0.717, 1.165) is 11.3 Å². The molecule has 2 amide bonds. The third kappa shape index (κ3) is 3.09. The van der Waals surface area contributed by atoms with Gasteiger partial charge in [-0.1, -0.05) is 0 Å². The number of benzene rings is 1. The van der Waals surface area contributed by atoms with Crippen molar-refractivity contribution in [1.29, 1.82) is 0 Å². The number of hydrazone groups is 1. The Morgan fingerprint density at radius 2 is 2.21 bits per heavy atom. The van der Waals surface area contributed by atoms with Crippen LogP contribution in [0.5, 0.6) is 5.75 Å². The number of methoxy groups -OCH3 is 1. The Morgan fingerprint density at radius 1 is 1.42 bits per heavy atom. The molecular weight excluding hydrogens is 246 g/mol. The Balaban J connectivity index is 2.32. The molecule has 6 heteroatoms. The van der Waals surface area contributed by atoms with E-state index in [4.69, 9.17) is 4.74 Å². The van der Waals surface area contributed by atoms with Crippen molar-refractivity contribution in [2.75, 3.05) is 12.4 Å². The third-order valence-electron chi connectivity index (χ3n) is 2.75. The second kappa shape index (κ2) is 5.51. The third-order valence-corrected chi connectivity index (χ3v) is 2.75. The number of hydrogen-bond donors (Lipinski definition) is 2. The fourth-order valence-corrected chi connectivity index (χ4v) is 1.86. The van der Waals surface area contributed by atoms with Crippen LogP contribution in [0.15, 0.2) is 23.3 Å². The van der Waals surface area contributed by atoms with Gasteiger partial charge in [0, 0.05) is 25.3 Å². The van der Waals surface area contributed by atoms with Crippen LogP contribution in [0, 0.1) is 0 Å². The number of nitrogens with zero attached hydrogens (tertiary/aromatic N) is 1. The monoisotopic (exact) mass is 261 g/mol. The van der Waals surface area contributed by atoms with E-state index in [1.54, 1.807) is 19.2 Å². The summed E-state index contributed by atoms with van der Waals surface area (Å²) >= 11 is 0. The maximum atomic E-state index is 11.2. The summed E-state index contributed by atoms with van der Waals surface area (Å²) in [6, 6.07) is 5.40. The standard InChI is InChI=1S/C13H15N3O3/c1-8(17)14-11-7-9(3-5-12(11)19-2)10-4-6-13(18)16-15-10/h3,5,7H,4,6H2,1-2H3,(H,14,17)(H,16,18). The Morgan fingerprint density at radius 3 is 2.79 bits per heavy atom. The van der Waals surface area contributed by atoms with Crippen molar-refractivity contribution in [1.82, 2.24) is 5.43 Å². The summed E-state index contributed by atoms with van der Waals surface area (Å²) in [5, 5.41) is 6.73. The maximum absolute atomic E-state index is 11.2. The lowest BCUT2D eigenvalue weighted by atomic mass is 10.0. The summed E-state index contributed by atoms with van der Waals surface area (Å²) in [6.07, 6.45) is 0.998. The van der Waals surface area contributed by atoms with E-state index in [-0.39, 0.29) is 11.8 Å². The van der Waals surface area contributed by atoms with Crippen molar-refractivity contribution in [3.63, 3.8) is 0 Å². The zero-order valence-electron chi connectivity index (χ0n) is 10.8. The molecule has 0 unspecified atom stereocenters. The summed E-state index contributed by atoms with van der Waals surface area (Å²) in [7, 11) is 1.54. The first-order chi connectivity index (χ1) is 9.10. The SMILES string of the molecule is COc1ccc(C2=NNC(=O)CC2)cc1NC(C)=O. The highest BCUT2D eigenvalue weighted by molar-refractivity contribution is 6.05. The first kappa shape index (κ1) is 13.1. The van der Waals surface area contributed by atoms with Gasteiger partial charge in [0.2, 0.25) is 11.8 Å². The van der Waals surface area contributed by atoms with Gasteiger partial charge in [0.1, 0.15) is 5.75 Å². The van der Waals surface area contributed by atoms with E-state index in [1.165, 1.54) is 6.92 Å². The molecule has 2 rings (SSSR count). The predicted molar refractivity (Wildman–Crippen MR) is 71.2 cm³/mol. The number of anilines is 1. The molecule has 1 aliphatic rings. The smallest absolute Gasteiger partial charge is 0.240 e. The average molecular weight is 261 g/mol. The molecule has 1 aromatic carbocycles. The van der Waals surface area contributed by atoms with Gasteiger partial charge in [-0.3, -0.25) is 9.59 Å². The molecular formula is C13H15N3O3. The molecule has 6 nitrogen and oxygen atoms in total. The van der Waals surface area contributed by atoms with Gasteiger partial charge in [-0.15, -0.1) is 0 Å². The molecule has 0 saturated heterocycles. The quantitative estimate of drug-likeness (QED) is 0.859. The fraction of sp³-hybridized carbons (Fsp3) is 0.308. The van der Waals surface area contributed by atoms with Crippen molar-refractivity contribution in [3.8, 4) is 5.75 Å². The summed E-state index contributed by atoms with van der Waals surface area (Å²) in [5.74, 6) is 0.327. The number of amides is 2. The van der Waals surface area contributed by atoms with Crippen molar-refractivity contribution < 1.29 is 14.3 Å². The molecule has 19 heavy (non-hydrogen) atoms. The number of rotatable bonds is 3. The Kier molecular flexibility index (Phi) is 3.79. The molecule has 0 bridgehead atoms. The minimum atomic E-state index is -0.172. The molecule has 1 heterocycles. The van der Waals surface area contributed by atoms with Crippen LogP contribution in [0.3, 0.4) is 0 Å². The van der Waals surface area contributed by atoms with E-state index >= 15 is 0 Å². The van der Waals surface area contributed by atoms with Crippen molar-refractivity contribution in [3.05, 3.63) is 23.8 Å². The van der Waals surface area contributed by atoms with Gasteiger partial charge in [-0.05, 0) is 18.2 Å². The largest absolute Gasteiger partial charge is 0.495 e. The first-order valence-electron chi connectivity index (χ1n) is 5.91. The van der Waals surface area contributed by atoms with Gasteiger partial charge in [0.25, 0.3) is 0 Å². The predicted octanol–water partition coefficient (Wildman–Crippen LogP) is 1.27. The van der Waals surface area contributed by atoms with Gasteiger partial charge in [0.15, 0.2) is 0 Å². The summed E-state index contributed by atoms with van der Waals surface area (Å²) in [4.78, 5) is 22.2. The Hall–Kier alpha value is -2.37.